The van der Waals surface area contributed by atoms with Crippen LogP contribution in [0.25, 0.3) is 0 Å². The van der Waals surface area contributed by atoms with Crippen molar-refractivity contribution < 1.29 is 5.11 Å². The molecule has 2 aliphatic rings. The summed E-state index contributed by atoms with van der Waals surface area (Å²) in [5, 5.41) is 12.6. The van der Waals surface area contributed by atoms with Gasteiger partial charge < -0.3 is 10.4 Å². The number of aliphatic hydroxyl groups excluding tert-OH is 1. The molecule has 0 spiro atoms. The van der Waals surface area contributed by atoms with Crippen molar-refractivity contribution in [3.8, 4) is 0 Å². The van der Waals surface area contributed by atoms with Gasteiger partial charge in [-0.2, -0.15) is 0 Å². The van der Waals surface area contributed by atoms with Gasteiger partial charge in [-0.25, -0.2) is 0 Å². The summed E-state index contributed by atoms with van der Waals surface area (Å²) in [7, 11) is 0. The third-order valence-corrected chi connectivity index (χ3v) is 3.86. The van der Waals surface area contributed by atoms with Gasteiger partial charge in [0, 0.05) is 38.3 Å². The predicted molar refractivity (Wildman–Crippen MR) is 65.6 cm³/mol. The summed E-state index contributed by atoms with van der Waals surface area (Å²) >= 11 is 0. The largest absolute Gasteiger partial charge is 0.395 e. The Balaban J connectivity index is 1.77. The van der Waals surface area contributed by atoms with Crippen LogP contribution in [0.4, 0.5) is 0 Å². The van der Waals surface area contributed by atoms with E-state index in [0.29, 0.717) is 0 Å². The van der Waals surface area contributed by atoms with Crippen LogP contribution in [0.1, 0.15) is 19.8 Å². The van der Waals surface area contributed by atoms with E-state index < -0.39 is 0 Å². The van der Waals surface area contributed by atoms with E-state index >= 15 is 0 Å². The molecular weight excluding hydrogens is 202 g/mol. The lowest BCUT2D eigenvalue weighted by atomic mass is 10.1. The van der Waals surface area contributed by atoms with Crippen LogP contribution in [0, 0.1) is 0 Å². The third-order valence-electron chi connectivity index (χ3n) is 3.86. The number of hydrogen-bond donors (Lipinski definition) is 2. The molecule has 94 valence electrons. The second-order valence-corrected chi connectivity index (χ2v) is 5.03. The molecule has 0 aromatic rings. The molecule has 4 nitrogen and oxygen atoms in total. The molecule has 16 heavy (non-hydrogen) atoms. The van der Waals surface area contributed by atoms with Crippen LogP contribution < -0.4 is 5.32 Å². The second kappa shape index (κ2) is 5.96. The Labute approximate surface area is 98.6 Å². The number of hydrogen-bond acceptors (Lipinski definition) is 4. The number of fused-ring (bicyclic) bond motifs is 1. The fourth-order valence-corrected chi connectivity index (χ4v) is 3.01. The maximum absolute atomic E-state index is 9.28. The monoisotopic (exact) mass is 227 g/mol. The molecule has 2 aliphatic heterocycles. The fraction of sp³-hybridized carbons (Fsp3) is 1.00. The van der Waals surface area contributed by atoms with E-state index in [9.17, 15) is 5.11 Å². The van der Waals surface area contributed by atoms with Gasteiger partial charge in [0.2, 0.25) is 0 Å². The minimum absolute atomic E-state index is 0.248. The Morgan fingerprint density at radius 1 is 1.38 bits per heavy atom. The van der Waals surface area contributed by atoms with Crippen molar-refractivity contribution in [3.63, 3.8) is 0 Å². The van der Waals surface area contributed by atoms with Crippen molar-refractivity contribution in [2.75, 3.05) is 45.9 Å². The summed E-state index contributed by atoms with van der Waals surface area (Å²) in [6, 6.07) is 1.03. The number of rotatable bonds is 5. The number of likely N-dealkylation sites (N-methyl/N-ethyl adjacent to an activating group) is 1. The van der Waals surface area contributed by atoms with Crippen LogP contribution in [0.3, 0.4) is 0 Å². The first-order chi connectivity index (χ1) is 7.83. The molecule has 0 aliphatic carbocycles. The van der Waals surface area contributed by atoms with Gasteiger partial charge in [-0.3, -0.25) is 9.80 Å². The maximum atomic E-state index is 9.28. The van der Waals surface area contributed by atoms with E-state index in [1.165, 1.54) is 39.0 Å². The summed E-state index contributed by atoms with van der Waals surface area (Å²) in [5.41, 5.74) is 0. The average Bonchev–Trinajstić information content (AvgIpc) is 2.75. The third kappa shape index (κ3) is 2.94. The molecule has 0 aromatic carbocycles. The first kappa shape index (κ1) is 12.3. The lowest BCUT2D eigenvalue weighted by Crippen LogP contribution is -2.54. The summed E-state index contributed by atoms with van der Waals surface area (Å²) in [6.45, 7) is 9.16. The summed E-state index contributed by atoms with van der Waals surface area (Å²) in [4.78, 5) is 5.13. The Hall–Kier alpha value is -0.160. The van der Waals surface area contributed by atoms with Crippen LogP contribution in [0.5, 0.6) is 0 Å². The van der Waals surface area contributed by atoms with Gasteiger partial charge in [-0.05, 0) is 25.9 Å². The highest BCUT2D eigenvalue weighted by Gasteiger charge is 2.30. The predicted octanol–water partition coefficient (Wildman–Crippen LogP) is -0.263. The molecule has 2 atom stereocenters. The van der Waals surface area contributed by atoms with Gasteiger partial charge in [0.05, 0.1) is 6.61 Å². The molecule has 2 N–H and O–H groups in total. The molecule has 4 heteroatoms. The molecule has 0 amide bonds. The number of piperazine rings is 1. The Morgan fingerprint density at radius 3 is 3.00 bits per heavy atom. The Bertz CT molecular complexity index is 212. The van der Waals surface area contributed by atoms with Crippen LogP contribution in [0.15, 0.2) is 0 Å². The zero-order chi connectivity index (χ0) is 11.4. The standard InChI is InChI=1S/C12H25N3O/c1-2-13-11(10-16)8-14-6-7-15-5-3-4-12(15)9-14/h11-13,16H,2-10H2,1H3. The fourth-order valence-electron chi connectivity index (χ4n) is 3.01. The first-order valence-corrected chi connectivity index (χ1v) is 6.64. The Morgan fingerprint density at radius 2 is 2.25 bits per heavy atom. The van der Waals surface area contributed by atoms with Crippen LogP contribution >= 0.6 is 0 Å². The van der Waals surface area contributed by atoms with E-state index in [1.54, 1.807) is 0 Å². The lowest BCUT2D eigenvalue weighted by molar-refractivity contribution is 0.0874. The molecular formula is C12H25N3O. The van der Waals surface area contributed by atoms with Gasteiger partial charge >= 0.3 is 0 Å². The van der Waals surface area contributed by atoms with Gasteiger partial charge in [0.1, 0.15) is 0 Å². The number of nitrogens with zero attached hydrogens (tertiary/aromatic N) is 2. The highest BCUT2D eigenvalue weighted by molar-refractivity contribution is 4.88. The Kier molecular flexibility index (Phi) is 4.58. The molecule has 0 saturated carbocycles. The van der Waals surface area contributed by atoms with Crippen molar-refractivity contribution >= 4 is 0 Å². The van der Waals surface area contributed by atoms with Crippen molar-refractivity contribution in [3.05, 3.63) is 0 Å². The van der Waals surface area contributed by atoms with Gasteiger partial charge in [-0.1, -0.05) is 6.92 Å². The van der Waals surface area contributed by atoms with Crippen molar-refractivity contribution in [1.29, 1.82) is 0 Å². The summed E-state index contributed by atoms with van der Waals surface area (Å²) in [5.74, 6) is 0. The minimum Gasteiger partial charge on any atom is -0.395 e. The van der Waals surface area contributed by atoms with Crippen molar-refractivity contribution in [2.24, 2.45) is 0 Å². The maximum Gasteiger partial charge on any atom is 0.0597 e. The lowest BCUT2D eigenvalue weighted by Gasteiger charge is -2.38. The highest BCUT2D eigenvalue weighted by Crippen LogP contribution is 2.21. The number of aliphatic hydroxyl groups is 1. The van der Waals surface area contributed by atoms with Gasteiger partial charge in [0.25, 0.3) is 0 Å². The quantitative estimate of drug-likeness (QED) is 0.678. The minimum atomic E-state index is 0.248. The highest BCUT2D eigenvalue weighted by atomic mass is 16.3. The van der Waals surface area contributed by atoms with Crippen LogP contribution in [-0.4, -0.2) is 72.9 Å². The molecule has 2 rings (SSSR count). The molecule has 0 bridgehead atoms. The second-order valence-electron chi connectivity index (χ2n) is 5.03. The van der Waals surface area contributed by atoms with E-state index in [1.807, 2.05) is 0 Å². The SMILES string of the molecule is CCNC(CO)CN1CCN2CCCC2C1. The average molecular weight is 227 g/mol. The zero-order valence-corrected chi connectivity index (χ0v) is 10.4. The van der Waals surface area contributed by atoms with E-state index in [-0.39, 0.29) is 12.6 Å². The van der Waals surface area contributed by atoms with E-state index in [4.69, 9.17) is 0 Å². The van der Waals surface area contributed by atoms with Crippen LogP contribution in [0.2, 0.25) is 0 Å². The van der Waals surface area contributed by atoms with E-state index in [0.717, 1.165) is 19.1 Å². The summed E-state index contributed by atoms with van der Waals surface area (Å²) < 4.78 is 0. The normalized spacial score (nSPS) is 29.2. The zero-order valence-electron chi connectivity index (χ0n) is 10.4. The van der Waals surface area contributed by atoms with Crippen molar-refractivity contribution in [1.82, 2.24) is 15.1 Å². The molecule has 2 fully saturated rings. The smallest absolute Gasteiger partial charge is 0.0597 e. The van der Waals surface area contributed by atoms with E-state index in [2.05, 4.69) is 22.0 Å². The molecule has 2 unspecified atom stereocenters. The summed E-state index contributed by atoms with van der Waals surface area (Å²) in [6.07, 6.45) is 2.73. The number of nitrogens with one attached hydrogen (secondary N) is 1. The molecule has 2 heterocycles. The van der Waals surface area contributed by atoms with Crippen LogP contribution in [-0.2, 0) is 0 Å². The molecule has 2 saturated heterocycles. The molecule has 0 aromatic heterocycles. The first-order valence-electron chi connectivity index (χ1n) is 6.64. The topological polar surface area (TPSA) is 38.7 Å². The van der Waals surface area contributed by atoms with Gasteiger partial charge in [0.15, 0.2) is 0 Å². The molecule has 0 radical (unpaired) electrons. The van der Waals surface area contributed by atoms with Crippen molar-refractivity contribution in [2.45, 2.75) is 31.8 Å². The van der Waals surface area contributed by atoms with Gasteiger partial charge in [-0.15, -0.1) is 0 Å².